The predicted molar refractivity (Wildman–Crippen MR) is 74.7 cm³/mol. The SMILES string of the molecule is CC(C)c1cccc(-c2cn3ccccc3n2)c1. The summed E-state index contributed by atoms with van der Waals surface area (Å²) >= 11 is 0. The molecule has 0 aliphatic rings. The minimum absolute atomic E-state index is 0.544. The molecule has 2 aromatic heterocycles. The monoisotopic (exact) mass is 236 g/mol. The van der Waals surface area contributed by atoms with Crippen LogP contribution in [0.1, 0.15) is 25.3 Å². The van der Waals surface area contributed by atoms with Gasteiger partial charge < -0.3 is 4.40 Å². The molecule has 0 fully saturated rings. The van der Waals surface area contributed by atoms with Gasteiger partial charge in [0, 0.05) is 18.0 Å². The lowest BCUT2D eigenvalue weighted by Crippen LogP contribution is -1.87. The van der Waals surface area contributed by atoms with Crippen LogP contribution in [0.15, 0.2) is 54.9 Å². The van der Waals surface area contributed by atoms with Crippen LogP contribution < -0.4 is 0 Å². The third-order valence-corrected chi connectivity index (χ3v) is 3.21. The summed E-state index contributed by atoms with van der Waals surface area (Å²) in [6.45, 7) is 4.42. The van der Waals surface area contributed by atoms with Gasteiger partial charge in [0.2, 0.25) is 0 Å². The van der Waals surface area contributed by atoms with E-state index in [4.69, 9.17) is 0 Å². The van der Waals surface area contributed by atoms with Gasteiger partial charge in [0.25, 0.3) is 0 Å². The zero-order chi connectivity index (χ0) is 12.5. The van der Waals surface area contributed by atoms with Gasteiger partial charge in [-0.25, -0.2) is 4.98 Å². The van der Waals surface area contributed by atoms with Crippen LogP contribution in [0, 0.1) is 0 Å². The molecule has 0 N–H and O–H groups in total. The Morgan fingerprint density at radius 3 is 2.72 bits per heavy atom. The first-order chi connectivity index (χ1) is 8.74. The van der Waals surface area contributed by atoms with Gasteiger partial charge in [-0.1, -0.05) is 38.1 Å². The van der Waals surface area contributed by atoms with E-state index in [0.29, 0.717) is 5.92 Å². The van der Waals surface area contributed by atoms with Crippen LogP contribution in [0.5, 0.6) is 0 Å². The van der Waals surface area contributed by atoms with E-state index in [-0.39, 0.29) is 0 Å². The quantitative estimate of drug-likeness (QED) is 0.654. The largest absolute Gasteiger partial charge is 0.306 e. The third-order valence-electron chi connectivity index (χ3n) is 3.21. The average Bonchev–Trinajstić information content (AvgIpc) is 2.82. The summed E-state index contributed by atoms with van der Waals surface area (Å²) in [5.74, 6) is 0.544. The Balaban J connectivity index is 2.11. The lowest BCUT2D eigenvalue weighted by Gasteiger charge is -2.06. The second kappa shape index (κ2) is 4.30. The van der Waals surface area contributed by atoms with Gasteiger partial charge in [-0.15, -0.1) is 0 Å². The van der Waals surface area contributed by atoms with Gasteiger partial charge in [-0.2, -0.15) is 0 Å². The summed E-state index contributed by atoms with van der Waals surface area (Å²) < 4.78 is 2.05. The molecular formula is C16H16N2. The van der Waals surface area contributed by atoms with E-state index >= 15 is 0 Å². The Hall–Kier alpha value is -2.09. The number of nitrogens with zero attached hydrogens (tertiary/aromatic N) is 2. The first kappa shape index (κ1) is 11.0. The number of rotatable bonds is 2. The number of imidazole rings is 1. The van der Waals surface area contributed by atoms with Crippen molar-refractivity contribution in [2.45, 2.75) is 19.8 Å². The third kappa shape index (κ3) is 1.90. The lowest BCUT2D eigenvalue weighted by molar-refractivity contribution is 0.867. The molecule has 3 aromatic rings. The van der Waals surface area contributed by atoms with Crippen molar-refractivity contribution in [2.24, 2.45) is 0 Å². The summed E-state index contributed by atoms with van der Waals surface area (Å²) in [4.78, 5) is 4.65. The number of aromatic nitrogens is 2. The molecule has 0 saturated carbocycles. The number of hydrogen-bond donors (Lipinski definition) is 0. The van der Waals surface area contributed by atoms with Crippen molar-refractivity contribution in [3.05, 3.63) is 60.4 Å². The van der Waals surface area contributed by atoms with Crippen molar-refractivity contribution >= 4 is 5.65 Å². The van der Waals surface area contributed by atoms with E-state index in [1.807, 2.05) is 24.4 Å². The van der Waals surface area contributed by atoms with E-state index in [1.165, 1.54) is 11.1 Å². The van der Waals surface area contributed by atoms with Crippen LogP contribution in [-0.2, 0) is 0 Å². The van der Waals surface area contributed by atoms with E-state index in [2.05, 4.69) is 53.7 Å². The van der Waals surface area contributed by atoms with Gasteiger partial charge in [0.05, 0.1) is 5.69 Å². The highest BCUT2D eigenvalue weighted by atomic mass is 15.0. The molecule has 0 aliphatic carbocycles. The molecule has 90 valence electrons. The summed E-state index contributed by atoms with van der Waals surface area (Å²) in [6, 6.07) is 14.7. The smallest absolute Gasteiger partial charge is 0.137 e. The molecular weight excluding hydrogens is 220 g/mol. The van der Waals surface area contributed by atoms with Crippen molar-refractivity contribution in [3.63, 3.8) is 0 Å². The zero-order valence-corrected chi connectivity index (χ0v) is 10.7. The maximum atomic E-state index is 4.65. The Kier molecular flexibility index (Phi) is 2.63. The molecule has 1 aromatic carbocycles. The second-order valence-corrected chi connectivity index (χ2v) is 4.87. The number of benzene rings is 1. The number of fused-ring (bicyclic) bond motifs is 1. The fraction of sp³-hybridized carbons (Fsp3) is 0.188. The zero-order valence-electron chi connectivity index (χ0n) is 10.7. The molecule has 0 saturated heterocycles. The molecule has 0 amide bonds. The number of pyridine rings is 1. The summed E-state index contributed by atoms with van der Waals surface area (Å²) in [7, 11) is 0. The Morgan fingerprint density at radius 2 is 1.94 bits per heavy atom. The van der Waals surface area contributed by atoms with Crippen LogP contribution in [0.25, 0.3) is 16.9 Å². The highest BCUT2D eigenvalue weighted by molar-refractivity contribution is 5.63. The second-order valence-electron chi connectivity index (χ2n) is 4.87. The van der Waals surface area contributed by atoms with Gasteiger partial charge >= 0.3 is 0 Å². The van der Waals surface area contributed by atoms with Crippen LogP contribution in [-0.4, -0.2) is 9.38 Å². The molecule has 0 spiro atoms. The maximum Gasteiger partial charge on any atom is 0.137 e. The minimum atomic E-state index is 0.544. The molecule has 2 heteroatoms. The van der Waals surface area contributed by atoms with Crippen LogP contribution in [0.3, 0.4) is 0 Å². The number of hydrogen-bond acceptors (Lipinski definition) is 1. The van der Waals surface area contributed by atoms with Gasteiger partial charge in [-0.3, -0.25) is 0 Å². The van der Waals surface area contributed by atoms with Crippen molar-refractivity contribution in [1.82, 2.24) is 9.38 Å². The summed E-state index contributed by atoms with van der Waals surface area (Å²) in [6.07, 6.45) is 4.10. The molecule has 3 rings (SSSR count). The predicted octanol–water partition coefficient (Wildman–Crippen LogP) is 4.12. The van der Waals surface area contributed by atoms with Crippen LogP contribution in [0.2, 0.25) is 0 Å². The van der Waals surface area contributed by atoms with E-state index in [0.717, 1.165) is 11.3 Å². The molecule has 0 atom stereocenters. The molecule has 0 radical (unpaired) electrons. The topological polar surface area (TPSA) is 17.3 Å². The molecule has 18 heavy (non-hydrogen) atoms. The Labute approximate surface area is 107 Å². The van der Waals surface area contributed by atoms with Crippen molar-refractivity contribution < 1.29 is 0 Å². The Bertz CT molecular complexity index is 647. The molecule has 0 bridgehead atoms. The van der Waals surface area contributed by atoms with Gasteiger partial charge in [0.1, 0.15) is 5.65 Å². The van der Waals surface area contributed by atoms with E-state index in [9.17, 15) is 0 Å². The molecule has 2 nitrogen and oxygen atoms in total. The van der Waals surface area contributed by atoms with Crippen LogP contribution in [0.4, 0.5) is 0 Å². The first-order valence-electron chi connectivity index (χ1n) is 6.28. The fourth-order valence-corrected chi connectivity index (χ4v) is 2.13. The lowest BCUT2D eigenvalue weighted by atomic mass is 10.00. The first-order valence-corrected chi connectivity index (χ1v) is 6.28. The average molecular weight is 236 g/mol. The highest BCUT2D eigenvalue weighted by Gasteiger charge is 2.06. The highest BCUT2D eigenvalue weighted by Crippen LogP contribution is 2.23. The van der Waals surface area contributed by atoms with Gasteiger partial charge in [-0.05, 0) is 29.7 Å². The van der Waals surface area contributed by atoms with E-state index < -0.39 is 0 Å². The standard InChI is InChI=1S/C16H16N2/c1-12(2)13-6-5-7-14(10-13)15-11-18-9-4-3-8-16(18)17-15/h3-12H,1-2H3. The molecule has 0 unspecified atom stereocenters. The molecule has 0 aliphatic heterocycles. The minimum Gasteiger partial charge on any atom is -0.306 e. The normalized spacial score (nSPS) is 11.3. The Morgan fingerprint density at radius 1 is 1.06 bits per heavy atom. The van der Waals surface area contributed by atoms with Crippen molar-refractivity contribution in [2.75, 3.05) is 0 Å². The summed E-state index contributed by atoms with van der Waals surface area (Å²) in [5.41, 5.74) is 4.56. The molecule has 2 heterocycles. The summed E-state index contributed by atoms with van der Waals surface area (Å²) in [5, 5.41) is 0. The van der Waals surface area contributed by atoms with Crippen molar-refractivity contribution in [1.29, 1.82) is 0 Å². The maximum absolute atomic E-state index is 4.65. The van der Waals surface area contributed by atoms with Gasteiger partial charge in [0.15, 0.2) is 0 Å². The van der Waals surface area contributed by atoms with Crippen LogP contribution >= 0.6 is 0 Å². The van der Waals surface area contributed by atoms with Crippen molar-refractivity contribution in [3.8, 4) is 11.3 Å². The van der Waals surface area contributed by atoms with E-state index in [1.54, 1.807) is 0 Å². The fourth-order valence-electron chi connectivity index (χ4n) is 2.13.